The van der Waals surface area contributed by atoms with E-state index in [0.717, 1.165) is 6.54 Å². The molecule has 1 rings (SSSR count). The Morgan fingerprint density at radius 2 is 1.41 bits per heavy atom. The van der Waals surface area contributed by atoms with Crippen LogP contribution in [0.2, 0.25) is 0 Å². The summed E-state index contributed by atoms with van der Waals surface area (Å²) >= 11 is 0. The molecule has 1 aliphatic heterocycles. The molecule has 1 aliphatic rings. The van der Waals surface area contributed by atoms with Crippen LogP contribution in [0.3, 0.4) is 0 Å². The molecule has 0 spiro atoms. The van der Waals surface area contributed by atoms with E-state index < -0.39 is 15.8 Å². The molecule has 4 N–H and O–H groups in total. The Kier molecular flexibility index (Phi) is 9.42. The highest BCUT2D eigenvalue weighted by molar-refractivity contribution is 7.46. The van der Waals surface area contributed by atoms with Crippen LogP contribution >= 0.6 is 15.8 Å². The molecule has 7 nitrogen and oxygen atoms in total. The Morgan fingerprint density at radius 1 is 1.06 bits per heavy atom. The molecule has 0 aromatic carbocycles. The molecule has 0 atom stereocenters. The zero-order valence-corrected chi connectivity index (χ0v) is 10.5. The summed E-state index contributed by atoms with van der Waals surface area (Å²) in [6.07, 6.45) is 8.27. The van der Waals surface area contributed by atoms with Gasteiger partial charge in [0.15, 0.2) is 0 Å². The molecule has 0 radical (unpaired) electrons. The Morgan fingerprint density at radius 3 is 1.53 bits per heavy atom. The van der Waals surface area contributed by atoms with E-state index in [9.17, 15) is 8.39 Å². The highest BCUT2D eigenvalue weighted by Crippen LogP contribution is 2.35. The van der Waals surface area contributed by atoms with Gasteiger partial charge in [-0.3, -0.25) is 19.6 Å². The van der Waals surface area contributed by atoms with Crippen LogP contribution in [0.25, 0.3) is 0 Å². The largest absolute Gasteiger partial charge is 0.507 e. The van der Waals surface area contributed by atoms with E-state index >= 15 is 0 Å². The molecule has 0 saturated heterocycles. The minimum Gasteiger partial charge on any atom is -0.377 e. The first kappa shape index (κ1) is 18.8. The van der Waals surface area contributed by atoms with Crippen LogP contribution < -0.4 is 0 Å². The monoisotopic (exact) mass is 295 g/mol. The van der Waals surface area contributed by atoms with Gasteiger partial charge in [-0.25, -0.2) is 9.13 Å². The van der Waals surface area contributed by atoms with Crippen molar-refractivity contribution in [2.24, 2.45) is 0 Å². The van der Waals surface area contributed by atoms with Crippen LogP contribution in [0.15, 0.2) is 24.4 Å². The average molecular weight is 295 g/mol. The van der Waals surface area contributed by atoms with Crippen LogP contribution in [0, 0.1) is 0 Å². The van der Waals surface area contributed by atoms with E-state index in [2.05, 4.69) is 30.3 Å². The van der Waals surface area contributed by atoms with Crippen LogP contribution in [0.1, 0.15) is 0 Å². The first-order chi connectivity index (χ1) is 7.39. The maximum atomic E-state index is 10.4. The second-order valence-electron chi connectivity index (χ2n) is 2.66. The number of likely N-dealkylation sites (N-methyl/N-ethyl adjacent to an activating group) is 1. The summed E-state index contributed by atoms with van der Waals surface area (Å²) in [5.74, 6) is 0. The van der Waals surface area contributed by atoms with E-state index in [1.165, 1.54) is 0 Å². The normalized spacial score (nSPS) is 14.4. The lowest BCUT2D eigenvalue weighted by Crippen LogP contribution is -2.11. The quantitative estimate of drug-likeness (QED) is 0.494. The highest BCUT2D eigenvalue weighted by atomic mass is 31.2. The predicted octanol–water partition coefficient (Wildman–Crippen LogP) is 1.10. The fourth-order valence-electron chi connectivity index (χ4n) is 0.563. The summed E-state index contributed by atoms with van der Waals surface area (Å²) in [7, 11) is -8.22. The number of allylic oxidation sites excluding steroid dienone is 2. The summed E-state index contributed by atoms with van der Waals surface area (Å²) in [5.41, 5.74) is 0. The Bertz CT molecular complexity index is 312. The second-order valence-corrected chi connectivity index (χ2v) is 4.55. The third-order valence-corrected chi connectivity index (χ3v) is 0.981. The van der Waals surface area contributed by atoms with Gasteiger partial charge in [0.1, 0.15) is 0 Å². The minimum absolute atomic E-state index is 1.05. The standard InChI is InChI=1S/C6H9N.2FH2O3P/c1-7-5-3-2-4-6-7;2*1-5(2,3)4/h2-5H,6H2,1H3;2*(H2,2,3,4). The molecule has 102 valence electrons. The van der Waals surface area contributed by atoms with Crippen LogP contribution in [0.5, 0.6) is 0 Å². The smallest absolute Gasteiger partial charge is 0.377 e. The number of rotatable bonds is 0. The van der Waals surface area contributed by atoms with Crippen LogP contribution in [0.4, 0.5) is 8.39 Å². The molecular formula is C6H13F2NO6P2. The fourth-order valence-corrected chi connectivity index (χ4v) is 0.563. The number of nitrogens with zero attached hydrogens (tertiary/aromatic N) is 1. The Hall–Kier alpha value is -0.560. The second kappa shape index (κ2) is 8.52. The Balaban J connectivity index is 0. The van der Waals surface area contributed by atoms with Gasteiger partial charge in [-0.2, -0.15) is 0 Å². The van der Waals surface area contributed by atoms with Crippen molar-refractivity contribution in [3.8, 4) is 0 Å². The van der Waals surface area contributed by atoms with E-state index in [4.69, 9.17) is 28.7 Å². The Labute approximate surface area is 96.6 Å². The zero-order valence-electron chi connectivity index (χ0n) is 8.72. The van der Waals surface area contributed by atoms with Crippen molar-refractivity contribution in [1.82, 2.24) is 4.90 Å². The lowest BCUT2D eigenvalue weighted by Gasteiger charge is -2.11. The van der Waals surface area contributed by atoms with Gasteiger partial charge in [0.2, 0.25) is 0 Å². The molecule has 0 aliphatic carbocycles. The van der Waals surface area contributed by atoms with Gasteiger partial charge >= 0.3 is 15.8 Å². The van der Waals surface area contributed by atoms with Crippen molar-refractivity contribution in [3.63, 3.8) is 0 Å². The van der Waals surface area contributed by atoms with Crippen molar-refractivity contribution in [2.45, 2.75) is 0 Å². The van der Waals surface area contributed by atoms with Crippen molar-refractivity contribution in [3.05, 3.63) is 24.4 Å². The minimum atomic E-state index is -5.14. The van der Waals surface area contributed by atoms with Crippen molar-refractivity contribution >= 4 is 15.8 Å². The van der Waals surface area contributed by atoms with Gasteiger partial charge in [0, 0.05) is 13.6 Å². The third-order valence-electron chi connectivity index (χ3n) is 0.981. The van der Waals surface area contributed by atoms with Gasteiger partial charge in [-0.1, -0.05) is 12.2 Å². The van der Waals surface area contributed by atoms with Gasteiger partial charge in [0.25, 0.3) is 0 Å². The van der Waals surface area contributed by atoms with E-state index in [1.54, 1.807) is 0 Å². The lowest BCUT2D eigenvalue weighted by molar-refractivity contribution is 0.320. The molecule has 0 unspecified atom stereocenters. The molecule has 0 amide bonds. The van der Waals surface area contributed by atoms with Gasteiger partial charge < -0.3 is 4.90 Å². The van der Waals surface area contributed by atoms with Crippen molar-refractivity contribution in [1.29, 1.82) is 0 Å². The predicted molar refractivity (Wildman–Crippen MR) is 57.2 cm³/mol. The topological polar surface area (TPSA) is 118 Å². The molecule has 0 aromatic heterocycles. The summed E-state index contributed by atoms with van der Waals surface area (Å²) in [6.45, 7) is 1.05. The first-order valence-electron chi connectivity index (χ1n) is 3.93. The lowest BCUT2D eigenvalue weighted by atomic mass is 10.4. The molecule has 17 heavy (non-hydrogen) atoms. The van der Waals surface area contributed by atoms with Crippen molar-refractivity contribution < 1.29 is 37.1 Å². The van der Waals surface area contributed by atoms with Gasteiger partial charge in [0.05, 0.1) is 0 Å². The maximum Gasteiger partial charge on any atom is 0.507 e. The van der Waals surface area contributed by atoms with Crippen molar-refractivity contribution in [2.75, 3.05) is 13.6 Å². The molecular weight excluding hydrogens is 282 g/mol. The summed E-state index contributed by atoms with van der Waals surface area (Å²) in [4.78, 5) is 30.0. The summed E-state index contributed by atoms with van der Waals surface area (Å²) < 4.78 is 38.0. The maximum absolute atomic E-state index is 10.4. The van der Waals surface area contributed by atoms with Crippen LogP contribution in [-0.4, -0.2) is 38.1 Å². The number of hydrogen-bond acceptors (Lipinski definition) is 3. The third kappa shape index (κ3) is 50.4. The van der Waals surface area contributed by atoms with E-state index in [0.29, 0.717) is 0 Å². The molecule has 1 heterocycles. The number of hydrogen-bond donors (Lipinski definition) is 4. The van der Waals surface area contributed by atoms with Gasteiger partial charge in [-0.05, 0) is 12.3 Å². The SMILES string of the molecule is CN1C=CC=CC1.O=P(O)(O)F.O=P(O)(O)F. The zero-order chi connectivity index (χ0) is 14.1. The first-order valence-corrected chi connectivity index (χ1v) is 6.94. The summed E-state index contributed by atoms with van der Waals surface area (Å²) in [6, 6.07) is 0. The highest BCUT2D eigenvalue weighted by Gasteiger charge is 2.05. The molecule has 0 bridgehead atoms. The van der Waals surface area contributed by atoms with E-state index in [-0.39, 0.29) is 0 Å². The molecule has 0 aromatic rings. The average Bonchev–Trinajstić information content (AvgIpc) is 1.98. The molecule has 0 saturated carbocycles. The molecule has 11 heteroatoms. The number of halogens is 2. The van der Waals surface area contributed by atoms with Gasteiger partial charge in [-0.15, -0.1) is 8.39 Å². The fraction of sp³-hybridized carbons (Fsp3) is 0.333. The molecule has 0 fully saturated rings. The summed E-state index contributed by atoms with van der Waals surface area (Å²) in [5, 5.41) is 0. The van der Waals surface area contributed by atoms with Crippen LogP contribution in [-0.2, 0) is 9.13 Å². The van der Waals surface area contributed by atoms with E-state index in [1.807, 2.05) is 6.08 Å².